The molecule has 3 N–H and O–H groups in total. The number of benzene rings is 1. The van der Waals surface area contributed by atoms with Crippen LogP contribution in [0.4, 0.5) is 19.0 Å². The minimum atomic E-state index is -4.52. The molecule has 27 heavy (non-hydrogen) atoms. The third-order valence-electron chi connectivity index (χ3n) is 3.85. The third kappa shape index (κ3) is 3.59. The number of carbonyl (C=O) groups is 1. The summed E-state index contributed by atoms with van der Waals surface area (Å²) in [5, 5.41) is 9.95. The summed E-state index contributed by atoms with van der Waals surface area (Å²) in [6.07, 6.45) is -3.72. The highest BCUT2D eigenvalue weighted by atomic mass is 19.4. The minimum absolute atomic E-state index is 0.0536. The maximum absolute atomic E-state index is 13.1. The maximum atomic E-state index is 13.1. The molecule has 3 aromatic rings. The molecule has 1 aromatic carbocycles. The van der Waals surface area contributed by atoms with Crippen molar-refractivity contribution in [3.05, 3.63) is 47.8 Å². The number of rotatable bonds is 4. The highest BCUT2D eigenvalue weighted by molar-refractivity contribution is 5.97. The van der Waals surface area contributed by atoms with Gasteiger partial charge in [0.05, 0.1) is 5.56 Å². The number of H-pyrrole nitrogens is 1. The van der Waals surface area contributed by atoms with Crippen molar-refractivity contribution in [2.24, 2.45) is 5.73 Å². The third-order valence-corrected chi connectivity index (χ3v) is 3.85. The average molecular weight is 376 g/mol. The van der Waals surface area contributed by atoms with Crippen molar-refractivity contribution in [3.63, 3.8) is 0 Å². The first-order valence-corrected chi connectivity index (χ1v) is 7.74. The molecular formula is C17H15F3N6O. The van der Waals surface area contributed by atoms with Crippen LogP contribution >= 0.6 is 0 Å². The lowest BCUT2D eigenvalue weighted by atomic mass is 10.00. The van der Waals surface area contributed by atoms with E-state index in [1.807, 2.05) is 0 Å². The lowest BCUT2D eigenvalue weighted by Crippen LogP contribution is -2.14. The lowest BCUT2D eigenvalue weighted by molar-refractivity contribution is -0.137. The van der Waals surface area contributed by atoms with Gasteiger partial charge in [-0.15, -0.1) is 0 Å². The first-order chi connectivity index (χ1) is 12.7. The van der Waals surface area contributed by atoms with E-state index in [0.29, 0.717) is 22.5 Å². The molecule has 0 aliphatic carbocycles. The molecule has 0 radical (unpaired) electrons. The van der Waals surface area contributed by atoms with Crippen LogP contribution in [-0.4, -0.2) is 40.4 Å². The highest BCUT2D eigenvalue weighted by Gasteiger charge is 2.32. The second-order valence-corrected chi connectivity index (χ2v) is 5.95. The van der Waals surface area contributed by atoms with Gasteiger partial charge in [-0.1, -0.05) is 18.2 Å². The van der Waals surface area contributed by atoms with Crippen LogP contribution in [-0.2, 0) is 6.18 Å². The number of amides is 1. The average Bonchev–Trinajstić information content (AvgIpc) is 3.10. The maximum Gasteiger partial charge on any atom is 0.417 e. The van der Waals surface area contributed by atoms with Crippen LogP contribution in [0.1, 0.15) is 16.1 Å². The summed E-state index contributed by atoms with van der Waals surface area (Å²) in [5.74, 6) is -0.394. The number of alkyl halides is 3. The van der Waals surface area contributed by atoms with Crippen molar-refractivity contribution < 1.29 is 18.0 Å². The molecule has 10 heteroatoms. The number of nitrogens with two attached hydrogens (primary N) is 1. The molecule has 0 unspecified atom stereocenters. The van der Waals surface area contributed by atoms with E-state index in [-0.39, 0.29) is 11.4 Å². The van der Waals surface area contributed by atoms with Gasteiger partial charge in [0, 0.05) is 31.4 Å². The highest BCUT2D eigenvalue weighted by Crippen LogP contribution is 2.36. The van der Waals surface area contributed by atoms with Crippen LogP contribution in [0.5, 0.6) is 0 Å². The number of nitrogens with one attached hydrogen (secondary N) is 1. The predicted octanol–water partition coefficient (Wildman–Crippen LogP) is 2.72. The zero-order valence-electron chi connectivity index (χ0n) is 14.4. The van der Waals surface area contributed by atoms with Gasteiger partial charge in [-0.05, 0) is 17.7 Å². The van der Waals surface area contributed by atoms with E-state index < -0.39 is 17.6 Å². The van der Waals surface area contributed by atoms with E-state index in [9.17, 15) is 18.0 Å². The molecule has 0 fully saturated rings. The first kappa shape index (κ1) is 18.4. The number of primary amides is 1. The van der Waals surface area contributed by atoms with Crippen LogP contribution in [0.2, 0.25) is 0 Å². The first-order valence-electron chi connectivity index (χ1n) is 7.74. The smallest absolute Gasteiger partial charge is 0.364 e. The number of hydrogen-bond donors (Lipinski definition) is 2. The molecule has 2 aromatic heterocycles. The summed E-state index contributed by atoms with van der Waals surface area (Å²) in [6, 6.07) is 7.60. The Balaban J connectivity index is 2.17. The molecule has 1 amide bonds. The molecular weight excluding hydrogens is 361 g/mol. The van der Waals surface area contributed by atoms with E-state index in [2.05, 4.69) is 20.4 Å². The van der Waals surface area contributed by atoms with Crippen molar-refractivity contribution in [3.8, 4) is 22.4 Å². The normalized spacial score (nSPS) is 11.4. The Kier molecular flexibility index (Phi) is 4.56. The number of nitrogens with zero attached hydrogens (tertiary/aromatic N) is 4. The molecule has 0 bridgehead atoms. The Morgan fingerprint density at radius 2 is 1.85 bits per heavy atom. The van der Waals surface area contributed by atoms with E-state index in [1.54, 1.807) is 43.3 Å². The number of halogens is 3. The SMILES string of the molecule is CN(C)c1ncc(C(F)(F)F)cc1-c1cccc(-c2n[nH]nc2C(N)=O)c1. The Hall–Kier alpha value is -3.43. The number of hydrogen-bond acceptors (Lipinski definition) is 5. The molecule has 0 aliphatic heterocycles. The van der Waals surface area contributed by atoms with Crippen molar-refractivity contribution >= 4 is 11.7 Å². The summed E-state index contributed by atoms with van der Waals surface area (Å²) in [5.41, 5.74) is 5.84. The number of aromatic nitrogens is 4. The van der Waals surface area contributed by atoms with Gasteiger partial charge in [0.15, 0.2) is 5.69 Å². The van der Waals surface area contributed by atoms with Crippen LogP contribution in [0.15, 0.2) is 36.5 Å². The van der Waals surface area contributed by atoms with Gasteiger partial charge in [-0.2, -0.15) is 28.6 Å². The molecule has 0 saturated carbocycles. The summed E-state index contributed by atoms with van der Waals surface area (Å²) in [6.45, 7) is 0. The molecule has 2 heterocycles. The largest absolute Gasteiger partial charge is 0.417 e. The molecule has 0 saturated heterocycles. The van der Waals surface area contributed by atoms with E-state index in [4.69, 9.17) is 5.73 Å². The van der Waals surface area contributed by atoms with Gasteiger partial charge in [-0.3, -0.25) is 4.79 Å². The van der Waals surface area contributed by atoms with Gasteiger partial charge in [-0.25, -0.2) is 4.98 Å². The topological polar surface area (TPSA) is 101 Å². The predicted molar refractivity (Wildman–Crippen MR) is 92.9 cm³/mol. The van der Waals surface area contributed by atoms with Crippen LogP contribution in [0.25, 0.3) is 22.4 Å². The fourth-order valence-electron chi connectivity index (χ4n) is 2.62. The van der Waals surface area contributed by atoms with E-state index >= 15 is 0 Å². The Bertz CT molecular complexity index is 996. The van der Waals surface area contributed by atoms with Crippen molar-refractivity contribution in [1.29, 1.82) is 0 Å². The summed E-state index contributed by atoms with van der Waals surface area (Å²) < 4.78 is 39.4. The minimum Gasteiger partial charge on any atom is -0.364 e. The zero-order valence-corrected chi connectivity index (χ0v) is 14.4. The van der Waals surface area contributed by atoms with Gasteiger partial charge in [0.25, 0.3) is 5.91 Å². The fraction of sp³-hybridized carbons (Fsp3) is 0.176. The van der Waals surface area contributed by atoms with Crippen molar-refractivity contribution in [1.82, 2.24) is 20.4 Å². The number of pyridine rings is 1. The Morgan fingerprint density at radius 3 is 2.48 bits per heavy atom. The quantitative estimate of drug-likeness (QED) is 0.729. The Morgan fingerprint density at radius 1 is 1.15 bits per heavy atom. The molecule has 0 spiro atoms. The Labute approximate surface area is 152 Å². The second kappa shape index (κ2) is 6.71. The monoisotopic (exact) mass is 376 g/mol. The molecule has 0 aliphatic rings. The van der Waals surface area contributed by atoms with E-state index in [0.717, 1.165) is 12.3 Å². The van der Waals surface area contributed by atoms with Gasteiger partial charge < -0.3 is 10.6 Å². The summed E-state index contributed by atoms with van der Waals surface area (Å²) >= 11 is 0. The zero-order chi connectivity index (χ0) is 19.8. The van der Waals surface area contributed by atoms with E-state index in [1.165, 1.54) is 0 Å². The van der Waals surface area contributed by atoms with Crippen LogP contribution in [0.3, 0.4) is 0 Å². The van der Waals surface area contributed by atoms with Gasteiger partial charge in [0.2, 0.25) is 0 Å². The second-order valence-electron chi connectivity index (χ2n) is 5.95. The molecule has 7 nitrogen and oxygen atoms in total. The number of carbonyl (C=O) groups excluding carboxylic acids is 1. The van der Waals surface area contributed by atoms with Crippen molar-refractivity contribution in [2.75, 3.05) is 19.0 Å². The van der Waals surface area contributed by atoms with Gasteiger partial charge >= 0.3 is 6.18 Å². The molecule has 140 valence electrons. The summed E-state index contributed by atoms with van der Waals surface area (Å²) in [7, 11) is 3.37. The number of aromatic amines is 1. The van der Waals surface area contributed by atoms with Crippen molar-refractivity contribution in [2.45, 2.75) is 6.18 Å². The lowest BCUT2D eigenvalue weighted by Gasteiger charge is -2.18. The standard InChI is InChI=1S/C17H15F3N6O/c1-26(2)16-12(7-11(8-22-16)17(18,19)20)9-4-3-5-10(6-9)13-14(15(21)27)24-25-23-13/h3-8H,1-2H3,(H2,21,27)(H,23,24,25). The van der Waals surface area contributed by atoms with Crippen LogP contribution in [0, 0.1) is 0 Å². The van der Waals surface area contributed by atoms with Gasteiger partial charge in [0.1, 0.15) is 11.5 Å². The molecule has 3 rings (SSSR count). The van der Waals surface area contributed by atoms with Crippen LogP contribution < -0.4 is 10.6 Å². The molecule has 0 atom stereocenters. The fourth-order valence-corrected chi connectivity index (χ4v) is 2.62. The summed E-state index contributed by atoms with van der Waals surface area (Å²) in [4.78, 5) is 17.0. The number of anilines is 1.